The van der Waals surface area contributed by atoms with Gasteiger partial charge in [-0.15, -0.1) is 0 Å². The van der Waals surface area contributed by atoms with Gasteiger partial charge in [0.25, 0.3) is 0 Å². The molecule has 2 heterocycles. The number of carboxylic acids is 1. The minimum absolute atomic E-state index is 0.0252. The Balaban J connectivity index is 1.82. The normalized spacial score (nSPS) is 18.6. The van der Waals surface area contributed by atoms with Crippen LogP contribution in [-0.2, 0) is 9.47 Å². The number of H-pyrrole nitrogens is 1. The van der Waals surface area contributed by atoms with E-state index in [9.17, 15) is 4.79 Å². The minimum atomic E-state index is -1.02. The molecule has 1 aromatic heterocycles. The topological polar surface area (TPSA) is 84.4 Å². The van der Waals surface area contributed by atoms with E-state index in [1.807, 2.05) is 24.3 Å². The maximum absolute atomic E-state index is 10.8. The molecular weight excluding hydrogens is 248 g/mol. The molecule has 2 N–H and O–H groups in total. The van der Waals surface area contributed by atoms with Gasteiger partial charge in [-0.05, 0) is 11.6 Å². The van der Waals surface area contributed by atoms with Gasteiger partial charge >= 0.3 is 5.97 Å². The summed E-state index contributed by atoms with van der Waals surface area (Å²) in [5.74, 6) is -1.02. The first-order chi connectivity index (χ1) is 9.24. The molecule has 3 rings (SSSR count). The van der Waals surface area contributed by atoms with Crippen LogP contribution in [0.25, 0.3) is 11.3 Å². The molecule has 1 saturated heterocycles. The number of rotatable bonds is 3. The van der Waals surface area contributed by atoms with Crippen LogP contribution in [0.2, 0.25) is 0 Å². The number of hydrogen-bond donors (Lipinski definition) is 2. The largest absolute Gasteiger partial charge is 0.477 e. The Morgan fingerprint density at radius 3 is 2.74 bits per heavy atom. The second kappa shape index (κ2) is 4.83. The second-order valence-electron chi connectivity index (χ2n) is 4.24. The van der Waals surface area contributed by atoms with Crippen LogP contribution < -0.4 is 0 Å². The molecule has 0 bridgehead atoms. The second-order valence-corrected chi connectivity index (χ2v) is 4.24. The number of aromatic amines is 1. The van der Waals surface area contributed by atoms with Crippen LogP contribution in [0.1, 0.15) is 22.2 Å². The molecule has 1 atom stereocenters. The average Bonchev–Trinajstić information content (AvgIpc) is 3.11. The molecule has 0 radical (unpaired) electrons. The van der Waals surface area contributed by atoms with E-state index in [1.54, 1.807) is 0 Å². The smallest absolute Gasteiger partial charge is 0.353 e. The number of aromatic carboxylic acids is 1. The van der Waals surface area contributed by atoms with E-state index >= 15 is 0 Å². The number of nitrogens with one attached hydrogen (secondary N) is 1. The molecule has 0 aliphatic carbocycles. The van der Waals surface area contributed by atoms with Crippen molar-refractivity contribution in [1.29, 1.82) is 0 Å². The summed E-state index contributed by atoms with van der Waals surface area (Å²) in [6.07, 6.45) is -0.0252. The lowest BCUT2D eigenvalue weighted by atomic mass is 10.1. The van der Waals surface area contributed by atoms with Crippen LogP contribution in [0.5, 0.6) is 0 Å². The molecule has 0 saturated carbocycles. The maximum atomic E-state index is 10.8. The van der Waals surface area contributed by atoms with Gasteiger partial charge in [-0.25, -0.2) is 4.79 Å². The zero-order valence-electron chi connectivity index (χ0n) is 10.00. The van der Waals surface area contributed by atoms with Crippen LogP contribution in [0.3, 0.4) is 0 Å². The lowest BCUT2D eigenvalue weighted by molar-refractivity contribution is 0.0466. The molecule has 6 nitrogen and oxygen atoms in total. The van der Waals surface area contributed by atoms with E-state index in [-0.39, 0.29) is 11.8 Å². The molecule has 1 unspecified atom stereocenters. The van der Waals surface area contributed by atoms with Gasteiger partial charge in [0.1, 0.15) is 18.6 Å². The molecule has 98 valence electrons. The fraction of sp³-hybridized carbons (Fsp3) is 0.231. The molecule has 1 aromatic carbocycles. The van der Waals surface area contributed by atoms with E-state index in [1.165, 1.54) is 6.07 Å². The van der Waals surface area contributed by atoms with E-state index in [0.717, 1.165) is 11.1 Å². The van der Waals surface area contributed by atoms with Gasteiger partial charge in [-0.3, -0.25) is 5.10 Å². The highest BCUT2D eigenvalue weighted by Crippen LogP contribution is 2.25. The lowest BCUT2D eigenvalue weighted by Crippen LogP contribution is -1.98. The van der Waals surface area contributed by atoms with Gasteiger partial charge in [-0.2, -0.15) is 5.10 Å². The Labute approximate surface area is 109 Å². The van der Waals surface area contributed by atoms with Gasteiger partial charge in [0.2, 0.25) is 0 Å². The summed E-state index contributed by atoms with van der Waals surface area (Å²) < 4.78 is 10.5. The van der Waals surface area contributed by atoms with Crippen molar-refractivity contribution in [3.63, 3.8) is 0 Å². The standard InChI is InChI=1S/C13H12N2O4/c16-13(17)11-5-10(14-15-11)8-1-3-9(4-2-8)12-6-18-7-19-12/h1-5,12H,6-7H2,(H,14,15)(H,16,17). The first-order valence-corrected chi connectivity index (χ1v) is 5.82. The SMILES string of the molecule is O=C(O)c1cc(-c2ccc(C3COCO3)cc2)n[nH]1. The summed E-state index contributed by atoms with van der Waals surface area (Å²) in [5.41, 5.74) is 2.57. The Morgan fingerprint density at radius 2 is 2.16 bits per heavy atom. The predicted molar refractivity (Wildman–Crippen MR) is 65.6 cm³/mol. The molecule has 19 heavy (non-hydrogen) atoms. The summed E-state index contributed by atoms with van der Waals surface area (Å²) >= 11 is 0. The summed E-state index contributed by atoms with van der Waals surface area (Å²) in [5, 5.41) is 15.3. The van der Waals surface area contributed by atoms with Crippen LogP contribution in [0.4, 0.5) is 0 Å². The predicted octanol–water partition coefficient (Wildman–Crippen LogP) is 1.82. The highest BCUT2D eigenvalue weighted by Gasteiger charge is 2.18. The van der Waals surface area contributed by atoms with Crippen molar-refractivity contribution < 1.29 is 19.4 Å². The summed E-state index contributed by atoms with van der Waals surface area (Å²) in [6, 6.07) is 9.15. The van der Waals surface area contributed by atoms with Gasteiger partial charge in [0, 0.05) is 5.56 Å². The quantitative estimate of drug-likeness (QED) is 0.879. The highest BCUT2D eigenvalue weighted by molar-refractivity contribution is 5.86. The van der Waals surface area contributed by atoms with Crippen molar-refractivity contribution in [2.24, 2.45) is 0 Å². The van der Waals surface area contributed by atoms with Crippen molar-refractivity contribution in [1.82, 2.24) is 10.2 Å². The number of hydrogen-bond acceptors (Lipinski definition) is 4. The van der Waals surface area contributed by atoms with Crippen molar-refractivity contribution >= 4 is 5.97 Å². The number of carbonyl (C=O) groups is 1. The van der Waals surface area contributed by atoms with Crippen molar-refractivity contribution in [3.05, 3.63) is 41.6 Å². The Bertz CT molecular complexity index is 585. The molecule has 0 amide bonds. The lowest BCUT2D eigenvalue weighted by Gasteiger charge is -2.07. The third kappa shape index (κ3) is 2.35. The van der Waals surface area contributed by atoms with E-state index < -0.39 is 5.97 Å². The fourth-order valence-electron chi connectivity index (χ4n) is 1.97. The highest BCUT2D eigenvalue weighted by atomic mass is 16.7. The molecular formula is C13H12N2O4. The molecule has 6 heteroatoms. The van der Waals surface area contributed by atoms with Gasteiger partial charge < -0.3 is 14.6 Å². The Hall–Kier alpha value is -2.18. The van der Waals surface area contributed by atoms with Crippen LogP contribution in [0, 0.1) is 0 Å². The van der Waals surface area contributed by atoms with Gasteiger partial charge in [0.05, 0.1) is 12.3 Å². The van der Waals surface area contributed by atoms with Crippen molar-refractivity contribution in [3.8, 4) is 11.3 Å². The zero-order valence-corrected chi connectivity index (χ0v) is 10.00. The van der Waals surface area contributed by atoms with Crippen molar-refractivity contribution in [2.75, 3.05) is 13.4 Å². The summed E-state index contributed by atoms with van der Waals surface area (Å²) in [4.78, 5) is 10.8. The van der Waals surface area contributed by atoms with E-state index in [4.69, 9.17) is 14.6 Å². The molecule has 2 aromatic rings. The van der Waals surface area contributed by atoms with E-state index in [2.05, 4.69) is 10.2 Å². The van der Waals surface area contributed by atoms with Crippen LogP contribution in [-0.4, -0.2) is 34.7 Å². The number of ether oxygens (including phenoxy) is 2. The van der Waals surface area contributed by atoms with Gasteiger partial charge in [0.15, 0.2) is 0 Å². The third-order valence-corrected chi connectivity index (χ3v) is 3.01. The van der Waals surface area contributed by atoms with Crippen LogP contribution >= 0.6 is 0 Å². The number of nitrogens with zero attached hydrogens (tertiary/aromatic N) is 1. The molecule has 1 aliphatic rings. The molecule has 0 spiro atoms. The average molecular weight is 260 g/mol. The number of carboxylic acid groups (broad SMARTS) is 1. The first-order valence-electron chi connectivity index (χ1n) is 5.82. The summed E-state index contributed by atoms with van der Waals surface area (Å²) in [7, 11) is 0. The molecule has 1 aliphatic heterocycles. The van der Waals surface area contributed by atoms with Crippen LogP contribution in [0.15, 0.2) is 30.3 Å². The first kappa shape index (κ1) is 11.9. The number of aromatic nitrogens is 2. The Kier molecular flexibility index (Phi) is 3.02. The summed E-state index contributed by atoms with van der Waals surface area (Å²) in [6.45, 7) is 0.888. The van der Waals surface area contributed by atoms with E-state index in [0.29, 0.717) is 19.1 Å². The maximum Gasteiger partial charge on any atom is 0.353 e. The molecule has 1 fully saturated rings. The van der Waals surface area contributed by atoms with Crippen molar-refractivity contribution in [2.45, 2.75) is 6.10 Å². The minimum Gasteiger partial charge on any atom is -0.477 e. The number of benzene rings is 1. The fourth-order valence-corrected chi connectivity index (χ4v) is 1.97. The third-order valence-electron chi connectivity index (χ3n) is 3.01. The van der Waals surface area contributed by atoms with Gasteiger partial charge in [-0.1, -0.05) is 24.3 Å². The Morgan fingerprint density at radius 1 is 1.37 bits per heavy atom. The monoisotopic (exact) mass is 260 g/mol. The zero-order chi connectivity index (χ0) is 13.2.